The minimum Gasteiger partial charge on any atom is -0.493 e. The number of carbonyl (C=O) groups excluding carboxylic acids is 2. The molecule has 0 N–H and O–H groups in total. The van der Waals surface area contributed by atoms with Gasteiger partial charge in [0.05, 0.1) is 19.3 Å². The Labute approximate surface area is 189 Å². The summed E-state index contributed by atoms with van der Waals surface area (Å²) in [6, 6.07) is 11.7. The lowest BCUT2D eigenvalue weighted by Crippen LogP contribution is -2.18. The highest BCUT2D eigenvalue weighted by atomic mass is 16.5. The summed E-state index contributed by atoms with van der Waals surface area (Å²) in [6.07, 6.45) is 0.784. The Morgan fingerprint density at radius 2 is 1.41 bits per heavy atom. The van der Waals surface area contributed by atoms with Crippen molar-refractivity contribution in [1.29, 1.82) is 0 Å². The maximum absolute atomic E-state index is 11.6. The summed E-state index contributed by atoms with van der Waals surface area (Å²) in [5.74, 6) is 0.680. The Kier molecular flexibility index (Phi) is 9.32. The van der Waals surface area contributed by atoms with Crippen LogP contribution in [-0.4, -0.2) is 37.4 Å². The van der Waals surface area contributed by atoms with E-state index in [1.807, 2.05) is 50.2 Å². The highest BCUT2D eigenvalue weighted by Crippen LogP contribution is 2.26. The zero-order chi connectivity index (χ0) is 23.7. The summed E-state index contributed by atoms with van der Waals surface area (Å²) in [6.45, 7) is 14.8. The van der Waals surface area contributed by atoms with E-state index in [1.54, 1.807) is 13.8 Å². The van der Waals surface area contributed by atoms with E-state index in [9.17, 15) is 9.59 Å². The summed E-state index contributed by atoms with van der Waals surface area (Å²) < 4.78 is 22.2. The first kappa shape index (κ1) is 25.0. The fourth-order valence-corrected chi connectivity index (χ4v) is 2.78. The Morgan fingerprint density at radius 1 is 0.812 bits per heavy atom. The molecule has 2 aromatic carbocycles. The van der Waals surface area contributed by atoms with Crippen LogP contribution < -0.4 is 9.47 Å². The molecule has 6 heteroatoms. The lowest BCUT2D eigenvalue weighted by atomic mass is 10.1. The molecule has 0 bridgehead atoms. The van der Waals surface area contributed by atoms with Gasteiger partial charge in [0.25, 0.3) is 0 Å². The average molecular weight is 441 g/mol. The van der Waals surface area contributed by atoms with Gasteiger partial charge in [-0.25, -0.2) is 9.59 Å². The van der Waals surface area contributed by atoms with Crippen molar-refractivity contribution in [2.45, 2.75) is 52.7 Å². The maximum Gasteiger partial charge on any atom is 0.333 e. The van der Waals surface area contributed by atoms with E-state index in [0.29, 0.717) is 30.6 Å². The first-order valence-corrected chi connectivity index (χ1v) is 10.7. The first-order valence-electron chi connectivity index (χ1n) is 10.7. The summed E-state index contributed by atoms with van der Waals surface area (Å²) in [5.41, 5.74) is 0.765. The molecule has 2 atom stereocenters. The highest BCUT2D eigenvalue weighted by Gasteiger charge is 2.11. The van der Waals surface area contributed by atoms with Gasteiger partial charge in [0, 0.05) is 24.0 Å². The van der Waals surface area contributed by atoms with Crippen molar-refractivity contribution < 1.29 is 28.5 Å². The Balaban J connectivity index is 1.88. The first-order chi connectivity index (χ1) is 15.2. The molecule has 0 fully saturated rings. The highest BCUT2D eigenvalue weighted by molar-refractivity contribution is 5.87. The van der Waals surface area contributed by atoms with Gasteiger partial charge < -0.3 is 18.9 Å². The molecule has 0 aliphatic heterocycles. The lowest BCUT2D eigenvalue weighted by Gasteiger charge is -2.16. The van der Waals surface area contributed by atoms with Crippen LogP contribution in [0, 0.1) is 0 Å². The van der Waals surface area contributed by atoms with Crippen molar-refractivity contribution in [2.24, 2.45) is 0 Å². The molecule has 0 amide bonds. The van der Waals surface area contributed by atoms with Crippen LogP contribution >= 0.6 is 0 Å². The molecule has 0 saturated heterocycles. The third kappa shape index (κ3) is 8.10. The fraction of sp³-hybridized carbons (Fsp3) is 0.385. The monoisotopic (exact) mass is 440 g/mol. The lowest BCUT2D eigenvalue weighted by molar-refractivity contribution is -0.144. The Morgan fingerprint density at radius 3 is 2.06 bits per heavy atom. The average Bonchev–Trinajstić information content (AvgIpc) is 2.73. The zero-order valence-corrected chi connectivity index (χ0v) is 19.3. The molecule has 0 radical (unpaired) electrons. The van der Waals surface area contributed by atoms with E-state index >= 15 is 0 Å². The minimum absolute atomic E-state index is 0.117. The van der Waals surface area contributed by atoms with Crippen molar-refractivity contribution in [2.75, 3.05) is 13.2 Å². The van der Waals surface area contributed by atoms with Crippen molar-refractivity contribution in [3.8, 4) is 11.5 Å². The van der Waals surface area contributed by atoms with Gasteiger partial charge in [-0.05, 0) is 62.7 Å². The Hall–Kier alpha value is -3.28. The van der Waals surface area contributed by atoms with Gasteiger partial charge in [-0.1, -0.05) is 25.3 Å². The van der Waals surface area contributed by atoms with Crippen LogP contribution in [0.5, 0.6) is 11.5 Å². The quantitative estimate of drug-likeness (QED) is 0.325. The SMILES string of the molecule is C=C(C)C(=O)OCCC(C)Oc1ccc2ccc(OCCC(C)OC(=O)C(=C)C)cc2c1. The summed E-state index contributed by atoms with van der Waals surface area (Å²) in [4.78, 5) is 23.0. The third-order valence-electron chi connectivity index (χ3n) is 4.68. The van der Waals surface area contributed by atoms with Crippen molar-refractivity contribution in [1.82, 2.24) is 0 Å². The predicted molar refractivity (Wildman–Crippen MR) is 125 cm³/mol. The number of carbonyl (C=O) groups is 2. The number of ether oxygens (including phenoxy) is 4. The fourth-order valence-electron chi connectivity index (χ4n) is 2.78. The van der Waals surface area contributed by atoms with Gasteiger partial charge in [-0.15, -0.1) is 0 Å². The second-order valence-electron chi connectivity index (χ2n) is 7.94. The van der Waals surface area contributed by atoms with Gasteiger partial charge in [0.15, 0.2) is 0 Å². The van der Waals surface area contributed by atoms with Gasteiger partial charge in [-0.2, -0.15) is 0 Å². The maximum atomic E-state index is 11.6. The molecule has 0 aromatic heterocycles. The molecular formula is C26H32O6. The van der Waals surface area contributed by atoms with Gasteiger partial charge in [0.1, 0.15) is 17.6 Å². The number of hydrogen-bond donors (Lipinski definition) is 0. The van der Waals surface area contributed by atoms with Crippen LogP contribution in [0.2, 0.25) is 0 Å². The van der Waals surface area contributed by atoms with E-state index in [-0.39, 0.29) is 30.8 Å². The molecule has 2 rings (SSSR count). The van der Waals surface area contributed by atoms with E-state index < -0.39 is 0 Å². The van der Waals surface area contributed by atoms with Crippen LogP contribution in [0.3, 0.4) is 0 Å². The van der Waals surface area contributed by atoms with Crippen molar-refractivity contribution in [3.05, 3.63) is 60.7 Å². The molecule has 0 saturated carbocycles. The molecule has 0 heterocycles. The topological polar surface area (TPSA) is 71.1 Å². The minimum atomic E-state index is -0.390. The second-order valence-corrected chi connectivity index (χ2v) is 7.94. The van der Waals surface area contributed by atoms with Crippen LogP contribution in [-0.2, 0) is 19.1 Å². The number of esters is 2. The van der Waals surface area contributed by atoms with Crippen LogP contribution in [0.15, 0.2) is 60.7 Å². The molecule has 0 spiro atoms. The molecule has 0 aliphatic carbocycles. The zero-order valence-electron chi connectivity index (χ0n) is 19.3. The van der Waals surface area contributed by atoms with Gasteiger partial charge >= 0.3 is 11.9 Å². The van der Waals surface area contributed by atoms with E-state index in [0.717, 1.165) is 22.3 Å². The summed E-state index contributed by atoms with van der Waals surface area (Å²) in [7, 11) is 0. The smallest absolute Gasteiger partial charge is 0.333 e. The van der Waals surface area contributed by atoms with Gasteiger partial charge in [0.2, 0.25) is 0 Å². The molecule has 6 nitrogen and oxygen atoms in total. The van der Waals surface area contributed by atoms with Crippen LogP contribution in [0.1, 0.15) is 40.5 Å². The van der Waals surface area contributed by atoms with Gasteiger partial charge in [-0.3, -0.25) is 0 Å². The summed E-state index contributed by atoms with van der Waals surface area (Å²) >= 11 is 0. The number of benzene rings is 2. The number of fused-ring (bicyclic) bond motifs is 1. The normalized spacial score (nSPS) is 12.5. The largest absolute Gasteiger partial charge is 0.493 e. The van der Waals surface area contributed by atoms with Crippen molar-refractivity contribution in [3.63, 3.8) is 0 Å². The van der Waals surface area contributed by atoms with E-state index in [2.05, 4.69) is 13.2 Å². The summed E-state index contributed by atoms with van der Waals surface area (Å²) in [5, 5.41) is 2.05. The van der Waals surface area contributed by atoms with Crippen LogP contribution in [0.25, 0.3) is 10.8 Å². The van der Waals surface area contributed by atoms with E-state index in [4.69, 9.17) is 18.9 Å². The predicted octanol–water partition coefficient (Wildman–Crippen LogP) is 5.39. The molecular weight excluding hydrogens is 408 g/mol. The molecule has 172 valence electrons. The third-order valence-corrected chi connectivity index (χ3v) is 4.68. The standard InChI is InChI=1S/C26H32O6/c1-17(2)25(27)30-14-12-19(5)31-24-10-8-21-7-9-23(15-22(21)16-24)29-13-11-20(6)32-26(28)18(3)4/h7-10,15-16,19-20H,1,3,11-14H2,2,4-6H3. The second kappa shape index (κ2) is 11.9. The number of rotatable bonds is 12. The molecule has 2 aromatic rings. The molecule has 2 unspecified atom stereocenters. The van der Waals surface area contributed by atoms with Crippen LogP contribution in [0.4, 0.5) is 0 Å². The number of hydrogen-bond acceptors (Lipinski definition) is 6. The molecule has 32 heavy (non-hydrogen) atoms. The van der Waals surface area contributed by atoms with Crippen molar-refractivity contribution >= 4 is 22.7 Å². The molecule has 0 aliphatic rings. The Bertz CT molecular complexity index is 977. The van der Waals surface area contributed by atoms with E-state index in [1.165, 1.54) is 0 Å².